The molecule has 1 heterocycles. The molecule has 0 N–H and O–H groups in total. The molecular weight excluding hydrogens is 194 g/mol. The summed E-state index contributed by atoms with van der Waals surface area (Å²) in [6, 6.07) is 1.91. The second kappa shape index (κ2) is 8.44. The summed E-state index contributed by atoms with van der Waals surface area (Å²) in [4.78, 5) is 0. The Kier molecular flexibility index (Phi) is 6.86. The summed E-state index contributed by atoms with van der Waals surface area (Å²) in [6.45, 7) is 2.20. The minimum atomic E-state index is 0.680. The van der Waals surface area contributed by atoms with Gasteiger partial charge in [-0.1, -0.05) is 11.6 Å². The molecule has 0 unspecified atom stereocenters. The maximum atomic E-state index is 5.35. The number of rotatable bonds is 9. The van der Waals surface area contributed by atoms with Gasteiger partial charge in [-0.15, -0.1) is 0 Å². The van der Waals surface area contributed by atoms with Crippen LogP contribution in [0.5, 0.6) is 0 Å². The van der Waals surface area contributed by atoms with Crippen LogP contribution in [0.15, 0.2) is 16.9 Å². The molecule has 0 spiro atoms. The van der Waals surface area contributed by atoms with Crippen molar-refractivity contribution in [3.8, 4) is 0 Å². The third-order valence-electron chi connectivity index (χ3n) is 2.14. The first kappa shape index (κ1) is 12.2. The smallest absolute Gasteiger partial charge is 0.124 e. The molecule has 4 heteroatoms. The highest BCUT2D eigenvalue weighted by Gasteiger charge is 1.96. The third kappa shape index (κ3) is 6.25. The lowest BCUT2D eigenvalue weighted by molar-refractivity contribution is 0.0686. The fourth-order valence-corrected chi connectivity index (χ4v) is 1.30. The molecule has 0 bridgehead atoms. The maximum absolute atomic E-state index is 5.35. The van der Waals surface area contributed by atoms with Crippen molar-refractivity contribution in [2.24, 2.45) is 0 Å². The lowest BCUT2D eigenvalue weighted by atomic mass is 10.1. The van der Waals surface area contributed by atoms with E-state index in [2.05, 4.69) is 5.16 Å². The quantitative estimate of drug-likeness (QED) is 0.589. The first-order valence-corrected chi connectivity index (χ1v) is 5.39. The van der Waals surface area contributed by atoms with Crippen LogP contribution in [0.25, 0.3) is 0 Å². The summed E-state index contributed by atoms with van der Waals surface area (Å²) in [6.07, 6.45) is 6.01. The second-order valence-corrected chi connectivity index (χ2v) is 3.41. The van der Waals surface area contributed by atoms with Gasteiger partial charge >= 0.3 is 0 Å². The highest BCUT2D eigenvalue weighted by atomic mass is 16.5. The first-order valence-electron chi connectivity index (χ1n) is 5.39. The largest absolute Gasteiger partial charge is 0.382 e. The molecule has 0 aliphatic carbocycles. The molecule has 0 saturated heterocycles. The molecule has 0 radical (unpaired) electrons. The zero-order valence-electron chi connectivity index (χ0n) is 9.28. The van der Waals surface area contributed by atoms with Crippen LogP contribution < -0.4 is 0 Å². The van der Waals surface area contributed by atoms with Crippen LogP contribution in [0.4, 0.5) is 0 Å². The third-order valence-corrected chi connectivity index (χ3v) is 2.14. The average molecular weight is 213 g/mol. The topological polar surface area (TPSA) is 44.5 Å². The molecule has 1 aromatic heterocycles. The summed E-state index contributed by atoms with van der Waals surface area (Å²) in [5.41, 5.74) is 1.04. The van der Waals surface area contributed by atoms with Crippen LogP contribution in [-0.2, 0) is 15.9 Å². The van der Waals surface area contributed by atoms with Gasteiger partial charge in [-0.25, -0.2) is 0 Å². The van der Waals surface area contributed by atoms with E-state index in [1.165, 1.54) is 6.42 Å². The predicted molar refractivity (Wildman–Crippen MR) is 56.8 cm³/mol. The second-order valence-electron chi connectivity index (χ2n) is 3.41. The molecule has 86 valence electrons. The van der Waals surface area contributed by atoms with E-state index in [4.69, 9.17) is 14.0 Å². The van der Waals surface area contributed by atoms with Crippen LogP contribution in [0.1, 0.15) is 25.0 Å². The van der Waals surface area contributed by atoms with E-state index in [0.29, 0.717) is 13.2 Å². The van der Waals surface area contributed by atoms with Gasteiger partial charge in [0.1, 0.15) is 6.26 Å². The van der Waals surface area contributed by atoms with Crippen molar-refractivity contribution in [1.82, 2.24) is 5.16 Å². The number of nitrogens with zero attached hydrogens (tertiary/aromatic N) is 1. The minimum Gasteiger partial charge on any atom is -0.382 e. The summed E-state index contributed by atoms with van der Waals surface area (Å²) in [5.74, 6) is 0. The van der Waals surface area contributed by atoms with Crippen molar-refractivity contribution in [2.75, 3.05) is 26.9 Å². The number of ether oxygens (including phenoxy) is 2. The zero-order chi connectivity index (χ0) is 10.8. The van der Waals surface area contributed by atoms with E-state index >= 15 is 0 Å². The summed E-state index contributed by atoms with van der Waals surface area (Å²) < 4.78 is 15.0. The molecular formula is C11H19NO3. The number of aryl methyl sites for hydroxylation is 1. The Bertz CT molecular complexity index is 224. The maximum Gasteiger partial charge on any atom is 0.124 e. The average Bonchev–Trinajstić information content (AvgIpc) is 2.75. The standard InChI is InChI=1S/C11H19NO3/c1-13-9-10-14-7-4-2-3-5-11-6-8-15-12-11/h6,8H,2-5,7,9-10H2,1H3. The fraction of sp³-hybridized carbons (Fsp3) is 0.727. The Morgan fingerprint density at radius 2 is 2.13 bits per heavy atom. The van der Waals surface area contributed by atoms with Crippen molar-refractivity contribution >= 4 is 0 Å². The predicted octanol–water partition coefficient (Wildman–Crippen LogP) is 2.05. The molecule has 0 aliphatic heterocycles. The van der Waals surface area contributed by atoms with E-state index in [0.717, 1.165) is 31.6 Å². The van der Waals surface area contributed by atoms with Crippen molar-refractivity contribution in [3.63, 3.8) is 0 Å². The Morgan fingerprint density at radius 1 is 1.20 bits per heavy atom. The number of hydrogen-bond acceptors (Lipinski definition) is 4. The van der Waals surface area contributed by atoms with Crippen LogP contribution >= 0.6 is 0 Å². The molecule has 4 nitrogen and oxygen atoms in total. The van der Waals surface area contributed by atoms with Crippen molar-refractivity contribution in [3.05, 3.63) is 18.0 Å². The molecule has 15 heavy (non-hydrogen) atoms. The lowest BCUT2D eigenvalue weighted by Crippen LogP contribution is -2.02. The van der Waals surface area contributed by atoms with E-state index in [-0.39, 0.29) is 0 Å². The number of unbranched alkanes of at least 4 members (excludes halogenated alkanes) is 2. The summed E-state index contributed by atoms with van der Waals surface area (Å²) in [7, 11) is 1.68. The Morgan fingerprint density at radius 3 is 2.87 bits per heavy atom. The lowest BCUT2D eigenvalue weighted by Gasteiger charge is -2.02. The van der Waals surface area contributed by atoms with Gasteiger partial charge in [0, 0.05) is 19.8 Å². The molecule has 1 aromatic rings. The highest BCUT2D eigenvalue weighted by molar-refractivity contribution is 4.94. The van der Waals surface area contributed by atoms with Crippen molar-refractivity contribution < 1.29 is 14.0 Å². The van der Waals surface area contributed by atoms with Crippen LogP contribution in [-0.4, -0.2) is 32.1 Å². The van der Waals surface area contributed by atoms with Crippen LogP contribution in [0, 0.1) is 0 Å². The van der Waals surface area contributed by atoms with Crippen LogP contribution in [0.3, 0.4) is 0 Å². The zero-order valence-corrected chi connectivity index (χ0v) is 9.28. The number of hydrogen-bond donors (Lipinski definition) is 0. The molecule has 0 fully saturated rings. The molecule has 0 saturated carbocycles. The van der Waals surface area contributed by atoms with Gasteiger partial charge in [0.05, 0.1) is 18.9 Å². The van der Waals surface area contributed by atoms with Gasteiger partial charge in [0.2, 0.25) is 0 Å². The van der Waals surface area contributed by atoms with E-state index in [1.807, 2.05) is 6.07 Å². The van der Waals surface area contributed by atoms with Crippen LogP contribution in [0.2, 0.25) is 0 Å². The van der Waals surface area contributed by atoms with Gasteiger partial charge < -0.3 is 14.0 Å². The molecule has 0 amide bonds. The summed E-state index contributed by atoms with van der Waals surface area (Å²) >= 11 is 0. The monoisotopic (exact) mass is 213 g/mol. The highest BCUT2D eigenvalue weighted by Crippen LogP contribution is 2.04. The summed E-state index contributed by atoms with van der Waals surface area (Å²) in [5, 5.41) is 3.85. The molecule has 0 aliphatic rings. The fourth-order valence-electron chi connectivity index (χ4n) is 1.30. The van der Waals surface area contributed by atoms with Gasteiger partial charge in [0.25, 0.3) is 0 Å². The van der Waals surface area contributed by atoms with Crippen molar-refractivity contribution in [2.45, 2.75) is 25.7 Å². The Hall–Kier alpha value is -0.870. The van der Waals surface area contributed by atoms with E-state index < -0.39 is 0 Å². The van der Waals surface area contributed by atoms with Gasteiger partial charge in [-0.3, -0.25) is 0 Å². The first-order chi connectivity index (χ1) is 7.43. The van der Waals surface area contributed by atoms with E-state index in [1.54, 1.807) is 13.4 Å². The van der Waals surface area contributed by atoms with Gasteiger partial charge in [0.15, 0.2) is 0 Å². The molecule has 1 rings (SSSR count). The molecule has 0 atom stereocenters. The molecule has 0 aromatic carbocycles. The Labute approximate surface area is 90.5 Å². The van der Waals surface area contributed by atoms with Gasteiger partial charge in [-0.05, 0) is 19.3 Å². The van der Waals surface area contributed by atoms with Crippen molar-refractivity contribution in [1.29, 1.82) is 0 Å². The minimum absolute atomic E-state index is 0.680. The SMILES string of the molecule is COCCOCCCCCc1ccon1. The number of aromatic nitrogens is 1. The van der Waals surface area contributed by atoms with Gasteiger partial charge in [-0.2, -0.15) is 0 Å². The van der Waals surface area contributed by atoms with E-state index in [9.17, 15) is 0 Å². The number of methoxy groups -OCH3 is 1. The Balaban J connectivity index is 1.81. The normalized spacial score (nSPS) is 10.7.